The third-order valence-corrected chi connectivity index (χ3v) is 5.45. The zero-order valence-electron chi connectivity index (χ0n) is 13.8. The van der Waals surface area contributed by atoms with E-state index in [1.807, 2.05) is 37.9 Å². The number of amides is 1. The van der Waals surface area contributed by atoms with Gasteiger partial charge in [0.05, 0.1) is 0 Å². The number of H-pyrrole nitrogens is 1. The first-order chi connectivity index (χ1) is 11.0. The molecule has 2 atom stereocenters. The summed E-state index contributed by atoms with van der Waals surface area (Å²) in [7, 11) is 0. The van der Waals surface area contributed by atoms with Crippen LogP contribution in [0.2, 0.25) is 0 Å². The van der Waals surface area contributed by atoms with Crippen molar-refractivity contribution in [3.8, 4) is 0 Å². The van der Waals surface area contributed by atoms with E-state index in [4.69, 9.17) is 4.42 Å². The Bertz CT molecular complexity index is 747. The molecule has 0 unspecified atom stereocenters. The Hall–Kier alpha value is -2.11. The molecule has 4 rings (SSSR count). The highest BCUT2D eigenvalue weighted by Gasteiger charge is 2.61. The molecule has 3 heterocycles. The quantitative estimate of drug-likeness (QED) is 0.945. The molecule has 0 spiro atoms. The highest BCUT2D eigenvalue weighted by atomic mass is 16.4. The third-order valence-electron chi connectivity index (χ3n) is 5.45. The van der Waals surface area contributed by atoms with Gasteiger partial charge in [-0.15, -0.1) is 10.2 Å². The summed E-state index contributed by atoms with van der Waals surface area (Å²) in [5, 5.41) is 8.49. The molecule has 0 radical (unpaired) electrons. The van der Waals surface area contributed by atoms with Gasteiger partial charge in [-0.25, -0.2) is 0 Å². The molecule has 2 aromatic heterocycles. The number of aromatic nitrogens is 3. The molecule has 23 heavy (non-hydrogen) atoms. The molecule has 1 amide bonds. The zero-order valence-corrected chi connectivity index (χ0v) is 13.8. The molecule has 1 saturated heterocycles. The minimum Gasteiger partial charge on any atom is -0.422 e. The lowest BCUT2D eigenvalue weighted by Gasteiger charge is -2.47. The van der Waals surface area contributed by atoms with Gasteiger partial charge < -0.3 is 14.3 Å². The minimum atomic E-state index is -0.394. The lowest BCUT2D eigenvalue weighted by atomic mass is 9.67. The van der Waals surface area contributed by atoms with Gasteiger partial charge in [-0.05, 0) is 43.7 Å². The van der Waals surface area contributed by atoms with Crippen LogP contribution >= 0.6 is 0 Å². The molecular formula is C17H22N4O2. The summed E-state index contributed by atoms with van der Waals surface area (Å²) in [4.78, 5) is 18.1. The monoisotopic (exact) mass is 314 g/mol. The van der Waals surface area contributed by atoms with E-state index in [0.29, 0.717) is 23.4 Å². The zero-order chi connectivity index (χ0) is 16.2. The number of nitrogens with one attached hydrogen (secondary N) is 1. The number of hydrogen-bond donors (Lipinski definition) is 1. The maximum Gasteiger partial charge on any atom is 0.271 e. The van der Waals surface area contributed by atoms with E-state index in [1.54, 1.807) is 0 Å². The van der Waals surface area contributed by atoms with Crippen LogP contribution in [0.15, 0.2) is 16.7 Å². The molecule has 2 aliphatic rings. The van der Waals surface area contributed by atoms with Gasteiger partial charge in [0, 0.05) is 18.7 Å². The molecule has 1 aliphatic heterocycles. The van der Waals surface area contributed by atoms with Crippen LogP contribution in [0, 0.1) is 12.8 Å². The van der Waals surface area contributed by atoms with Crippen molar-refractivity contribution in [3.63, 3.8) is 0 Å². The number of aromatic amines is 1. The SMILES string of the molecule is Cc1cc[nH]c1C(=O)N1CC[C@@H]2CC[C@@]21c1nnc(C(C)C)o1. The number of likely N-dealkylation sites (tertiary alicyclic amines) is 1. The molecule has 0 aromatic carbocycles. The number of carbonyl (C=O) groups is 1. The number of aryl methyl sites for hydroxylation is 1. The first-order valence-corrected chi connectivity index (χ1v) is 8.34. The molecular weight excluding hydrogens is 292 g/mol. The molecule has 1 saturated carbocycles. The summed E-state index contributed by atoms with van der Waals surface area (Å²) in [6.45, 7) is 6.77. The predicted octanol–water partition coefficient (Wildman–Crippen LogP) is 2.98. The Morgan fingerprint density at radius 1 is 1.43 bits per heavy atom. The van der Waals surface area contributed by atoms with Gasteiger partial charge in [0.25, 0.3) is 5.91 Å². The summed E-state index contributed by atoms with van der Waals surface area (Å²) >= 11 is 0. The number of nitrogens with zero attached hydrogens (tertiary/aromatic N) is 3. The van der Waals surface area contributed by atoms with E-state index in [2.05, 4.69) is 15.2 Å². The fraction of sp³-hybridized carbons (Fsp3) is 0.588. The van der Waals surface area contributed by atoms with E-state index in [1.165, 1.54) is 0 Å². The van der Waals surface area contributed by atoms with Crippen LogP contribution in [-0.4, -0.2) is 32.5 Å². The average molecular weight is 314 g/mol. The van der Waals surface area contributed by atoms with E-state index in [0.717, 1.165) is 31.4 Å². The van der Waals surface area contributed by atoms with Crippen molar-refractivity contribution in [2.45, 2.75) is 51.5 Å². The fourth-order valence-corrected chi connectivity index (χ4v) is 3.98. The van der Waals surface area contributed by atoms with E-state index in [9.17, 15) is 4.79 Å². The Labute approximate surface area is 135 Å². The van der Waals surface area contributed by atoms with Gasteiger partial charge in [0.2, 0.25) is 11.8 Å². The largest absolute Gasteiger partial charge is 0.422 e. The number of rotatable bonds is 3. The van der Waals surface area contributed by atoms with Gasteiger partial charge in [-0.3, -0.25) is 4.79 Å². The Morgan fingerprint density at radius 3 is 2.83 bits per heavy atom. The molecule has 122 valence electrons. The van der Waals surface area contributed by atoms with Crippen LogP contribution in [0.25, 0.3) is 0 Å². The molecule has 2 fully saturated rings. The van der Waals surface area contributed by atoms with Gasteiger partial charge in [-0.2, -0.15) is 0 Å². The summed E-state index contributed by atoms with van der Waals surface area (Å²) in [6.07, 6.45) is 4.84. The van der Waals surface area contributed by atoms with Crippen molar-refractivity contribution < 1.29 is 9.21 Å². The summed E-state index contributed by atoms with van der Waals surface area (Å²) < 4.78 is 5.96. The second-order valence-electron chi connectivity index (χ2n) is 7.04. The first kappa shape index (κ1) is 14.5. The van der Waals surface area contributed by atoms with Crippen LogP contribution in [0.5, 0.6) is 0 Å². The molecule has 6 heteroatoms. The second-order valence-corrected chi connectivity index (χ2v) is 7.04. The minimum absolute atomic E-state index is 0.0407. The molecule has 2 aromatic rings. The van der Waals surface area contributed by atoms with Crippen molar-refractivity contribution in [2.75, 3.05) is 6.54 Å². The van der Waals surface area contributed by atoms with Crippen molar-refractivity contribution in [1.82, 2.24) is 20.1 Å². The number of fused-ring (bicyclic) bond motifs is 1. The van der Waals surface area contributed by atoms with E-state index in [-0.39, 0.29) is 11.8 Å². The smallest absolute Gasteiger partial charge is 0.271 e. The Morgan fingerprint density at radius 2 is 2.26 bits per heavy atom. The Balaban J connectivity index is 1.72. The third kappa shape index (κ3) is 1.90. The van der Waals surface area contributed by atoms with Crippen LogP contribution in [0.1, 0.15) is 66.9 Å². The van der Waals surface area contributed by atoms with Gasteiger partial charge >= 0.3 is 0 Å². The highest BCUT2D eigenvalue weighted by Crippen LogP contribution is 2.56. The highest BCUT2D eigenvalue weighted by molar-refractivity contribution is 5.94. The summed E-state index contributed by atoms with van der Waals surface area (Å²) in [5.74, 6) is 1.94. The fourth-order valence-electron chi connectivity index (χ4n) is 3.98. The second kappa shape index (κ2) is 4.94. The summed E-state index contributed by atoms with van der Waals surface area (Å²) in [6, 6.07) is 1.93. The molecule has 1 aliphatic carbocycles. The van der Waals surface area contributed by atoms with Crippen molar-refractivity contribution in [3.05, 3.63) is 35.3 Å². The van der Waals surface area contributed by atoms with Gasteiger partial charge in [0.1, 0.15) is 11.2 Å². The van der Waals surface area contributed by atoms with Gasteiger partial charge in [0.15, 0.2) is 0 Å². The van der Waals surface area contributed by atoms with Crippen LogP contribution < -0.4 is 0 Å². The van der Waals surface area contributed by atoms with Crippen LogP contribution in [-0.2, 0) is 5.54 Å². The lowest BCUT2D eigenvalue weighted by Crippen LogP contribution is -2.54. The Kier molecular flexibility index (Phi) is 3.11. The molecule has 6 nitrogen and oxygen atoms in total. The summed E-state index contributed by atoms with van der Waals surface area (Å²) in [5.41, 5.74) is 1.25. The van der Waals surface area contributed by atoms with Crippen molar-refractivity contribution in [1.29, 1.82) is 0 Å². The van der Waals surface area contributed by atoms with E-state index >= 15 is 0 Å². The first-order valence-electron chi connectivity index (χ1n) is 8.34. The number of hydrogen-bond acceptors (Lipinski definition) is 4. The normalized spacial score (nSPS) is 26.4. The van der Waals surface area contributed by atoms with Crippen molar-refractivity contribution >= 4 is 5.91 Å². The molecule has 0 bridgehead atoms. The van der Waals surface area contributed by atoms with Crippen molar-refractivity contribution in [2.24, 2.45) is 5.92 Å². The maximum absolute atomic E-state index is 13.0. The molecule has 1 N–H and O–H groups in total. The standard InChI is InChI=1S/C17H22N4O2/c1-10(2)14-19-20-16(23-14)17-7-4-12(17)6-9-21(17)15(22)13-11(3)5-8-18-13/h5,8,10,12,18H,4,6-7,9H2,1-3H3/t12-,17-/m0/s1. The van der Waals surface area contributed by atoms with Crippen LogP contribution in [0.3, 0.4) is 0 Å². The topological polar surface area (TPSA) is 75.0 Å². The average Bonchev–Trinajstić information content (AvgIpc) is 3.17. The lowest BCUT2D eigenvalue weighted by molar-refractivity contribution is -0.00409. The maximum atomic E-state index is 13.0. The van der Waals surface area contributed by atoms with E-state index < -0.39 is 5.54 Å². The predicted molar refractivity (Wildman–Crippen MR) is 84.0 cm³/mol. The van der Waals surface area contributed by atoms with Gasteiger partial charge in [-0.1, -0.05) is 13.8 Å². The van der Waals surface area contributed by atoms with Crippen LogP contribution in [0.4, 0.5) is 0 Å². The number of carbonyl (C=O) groups excluding carboxylic acids is 1.